The second-order valence-corrected chi connectivity index (χ2v) is 7.45. The van der Waals surface area contributed by atoms with E-state index in [-0.39, 0.29) is 18.4 Å². The van der Waals surface area contributed by atoms with Crippen LogP contribution < -0.4 is 14.5 Å². The van der Waals surface area contributed by atoms with Crippen LogP contribution in [0.15, 0.2) is 42.5 Å². The number of anilines is 2. The highest BCUT2D eigenvalue weighted by molar-refractivity contribution is 6.08. The van der Waals surface area contributed by atoms with E-state index < -0.39 is 5.60 Å². The Kier molecular flexibility index (Phi) is 4.96. The number of ether oxygens (including phenoxy) is 1. The highest BCUT2D eigenvalue weighted by Crippen LogP contribution is 2.38. The molecule has 0 bridgehead atoms. The summed E-state index contributed by atoms with van der Waals surface area (Å²) in [5.41, 5.74) is 2.57. The van der Waals surface area contributed by atoms with Crippen LogP contribution in [0.5, 0.6) is 5.75 Å². The predicted octanol–water partition coefficient (Wildman–Crippen LogP) is 3.86. The lowest BCUT2D eigenvalue weighted by atomic mass is 10.0. The lowest BCUT2D eigenvalue weighted by Crippen LogP contribution is -2.55. The van der Waals surface area contributed by atoms with Gasteiger partial charge in [-0.15, -0.1) is 0 Å². The van der Waals surface area contributed by atoms with E-state index in [4.69, 9.17) is 4.74 Å². The van der Waals surface area contributed by atoms with Gasteiger partial charge in [0.25, 0.3) is 5.91 Å². The Morgan fingerprint density at radius 3 is 2.48 bits per heavy atom. The van der Waals surface area contributed by atoms with Crippen LogP contribution in [0.2, 0.25) is 0 Å². The molecule has 1 aliphatic rings. The Morgan fingerprint density at radius 2 is 1.81 bits per heavy atom. The summed E-state index contributed by atoms with van der Waals surface area (Å²) in [7, 11) is 0. The largest absolute Gasteiger partial charge is 0.476 e. The van der Waals surface area contributed by atoms with Gasteiger partial charge >= 0.3 is 0 Å². The van der Waals surface area contributed by atoms with Crippen molar-refractivity contribution in [2.75, 3.05) is 22.9 Å². The fourth-order valence-electron chi connectivity index (χ4n) is 3.35. The van der Waals surface area contributed by atoms with Crippen LogP contribution in [0.4, 0.5) is 11.4 Å². The molecule has 1 heterocycles. The zero-order valence-electron chi connectivity index (χ0n) is 16.6. The van der Waals surface area contributed by atoms with E-state index in [1.165, 1.54) is 0 Å². The average molecular weight is 366 g/mol. The van der Waals surface area contributed by atoms with Crippen LogP contribution in [0.25, 0.3) is 0 Å². The molecule has 1 aliphatic heterocycles. The lowest BCUT2D eigenvalue weighted by Gasteiger charge is -2.39. The van der Waals surface area contributed by atoms with Crippen molar-refractivity contribution >= 4 is 23.2 Å². The summed E-state index contributed by atoms with van der Waals surface area (Å²) in [5.74, 6) is 0.285. The third-order valence-corrected chi connectivity index (χ3v) is 4.75. The van der Waals surface area contributed by atoms with E-state index in [2.05, 4.69) is 0 Å². The van der Waals surface area contributed by atoms with Crippen LogP contribution in [0.3, 0.4) is 0 Å². The van der Waals surface area contributed by atoms with Crippen molar-refractivity contribution in [1.29, 1.82) is 0 Å². The number of amides is 2. The molecule has 0 N–H and O–H groups in total. The number of carbonyl (C=O) groups excluding carboxylic acids is 2. The Hall–Kier alpha value is -2.82. The molecule has 0 saturated carbocycles. The minimum Gasteiger partial charge on any atom is -0.476 e. The summed E-state index contributed by atoms with van der Waals surface area (Å²) in [5, 5.41) is 0. The monoisotopic (exact) mass is 366 g/mol. The SMILES string of the molecule is CCN(C(=O)CN1C(=O)C(C)(C)Oc2ccc(C)cc21)c1cccc(C)c1. The van der Waals surface area contributed by atoms with E-state index in [1.54, 1.807) is 23.6 Å². The lowest BCUT2D eigenvalue weighted by molar-refractivity contribution is -0.134. The van der Waals surface area contributed by atoms with E-state index >= 15 is 0 Å². The first-order chi connectivity index (χ1) is 12.7. The van der Waals surface area contributed by atoms with Gasteiger partial charge in [0, 0.05) is 12.2 Å². The minimum absolute atomic E-state index is 0.0239. The molecule has 2 aromatic carbocycles. The first kappa shape index (κ1) is 19.0. The number of aryl methyl sites for hydroxylation is 2. The van der Waals surface area contributed by atoms with Crippen molar-refractivity contribution in [2.45, 2.75) is 40.2 Å². The van der Waals surface area contributed by atoms with Crippen LogP contribution >= 0.6 is 0 Å². The molecule has 0 atom stereocenters. The number of rotatable bonds is 4. The number of hydrogen-bond donors (Lipinski definition) is 0. The zero-order chi connectivity index (χ0) is 19.8. The molecule has 0 aromatic heterocycles. The molecule has 2 aromatic rings. The summed E-state index contributed by atoms with van der Waals surface area (Å²) in [6, 6.07) is 13.5. The highest BCUT2D eigenvalue weighted by atomic mass is 16.5. The smallest absolute Gasteiger partial charge is 0.271 e. The van der Waals surface area contributed by atoms with Crippen molar-refractivity contribution in [3.05, 3.63) is 53.6 Å². The van der Waals surface area contributed by atoms with Crippen LogP contribution in [0.1, 0.15) is 31.9 Å². The topological polar surface area (TPSA) is 49.9 Å². The third kappa shape index (κ3) is 3.68. The van der Waals surface area contributed by atoms with Crippen molar-refractivity contribution in [2.24, 2.45) is 0 Å². The first-order valence-electron chi connectivity index (χ1n) is 9.21. The molecule has 0 fully saturated rings. The number of carbonyl (C=O) groups is 2. The van der Waals surface area contributed by atoms with Gasteiger partial charge in [0.1, 0.15) is 12.3 Å². The molecule has 0 aliphatic carbocycles. The van der Waals surface area contributed by atoms with Gasteiger partial charge < -0.3 is 9.64 Å². The van der Waals surface area contributed by atoms with Gasteiger partial charge in [0.15, 0.2) is 5.60 Å². The Bertz CT molecular complexity index is 889. The maximum atomic E-state index is 13.1. The minimum atomic E-state index is -1.01. The quantitative estimate of drug-likeness (QED) is 0.826. The number of benzene rings is 2. The molecule has 0 spiro atoms. The van der Waals surface area contributed by atoms with Gasteiger partial charge in [-0.05, 0) is 70.0 Å². The van der Waals surface area contributed by atoms with Crippen LogP contribution in [-0.2, 0) is 9.59 Å². The molecule has 2 amide bonds. The summed E-state index contributed by atoms with van der Waals surface area (Å²) in [4.78, 5) is 29.3. The fourth-order valence-corrected chi connectivity index (χ4v) is 3.35. The maximum Gasteiger partial charge on any atom is 0.271 e. The molecule has 3 rings (SSSR count). The predicted molar refractivity (Wildman–Crippen MR) is 107 cm³/mol. The molecule has 0 unspecified atom stereocenters. The normalized spacial score (nSPS) is 15.1. The summed E-state index contributed by atoms with van der Waals surface area (Å²) >= 11 is 0. The Morgan fingerprint density at radius 1 is 1.11 bits per heavy atom. The average Bonchev–Trinajstić information content (AvgIpc) is 2.60. The number of hydrogen-bond acceptors (Lipinski definition) is 3. The molecule has 0 radical (unpaired) electrons. The van der Waals surface area contributed by atoms with Crippen molar-refractivity contribution in [1.82, 2.24) is 0 Å². The third-order valence-electron chi connectivity index (χ3n) is 4.75. The highest BCUT2D eigenvalue weighted by Gasteiger charge is 2.42. The van der Waals surface area contributed by atoms with Gasteiger partial charge in [0.2, 0.25) is 5.91 Å². The standard InChI is InChI=1S/C22H26N2O3/c1-6-23(17-9-7-8-15(2)12-17)20(25)14-24-18-13-16(3)10-11-19(18)27-22(4,5)21(24)26/h7-13H,6,14H2,1-5H3. The van der Waals surface area contributed by atoms with Crippen LogP contribution in [-0.4, -0.2) is 30.5 Å². The Labute approximate surface area is 160 Å². The van der Waals surface area contributed by atoms with Gasteiger partial charge in [0.05, 0.1) is 5.69 Å². The molecule has 5 nitrogen and oxygen atoms in total. The molecule has 5 heteroatoms. The summed E-state index contributed by atoms with van der Waals surface area (Å²) in [6.45, 7) is 9.85. The van der Waals surface area contributed by atoms with Gasteiger partial charge in [-0.25, -0.2) is 0 Å². The van der Waals surface area contributed by atoms with E-state index in [0.717, 1.165) is 16.8 Å². The van der Waals surface area contributed by atoms with E-state index in [0.29, 0.717) is 18.0 Å². The van der Waals surface area contributed by atoms with Gasteiger partial charge in [-0.3, -0.25) is 14.5 Å². The fraction of sp³-hybridized carbons (Fsp3) is 0.364. The van der Waals surface area contributed by atoms with Gasteiger partial charge in [-0.2, -0.15) is 0 Å². The molecule has 27 heavy (non-hydrogen) atoms. The maximum absolute atomic E-state index is 13.1. The Balaban J connectivity index is 1.94. The van der Waals surface area contributed by atoms with Gasteiger partial charge in [-0.1, -0.05) is 18.2 Å². The second kappa shape index (κ2) is 7.06. The summed E-state index contributed by atoms with van der Waals surface area (Å²) < 4.78 is 5.87. The molecule has 0 saturated heterocycles. The molecular formula is C22H26N2O3. The summed E-state index contributed by atoms with van der Waals surface area (Å²) in [6.07, 6.45) is 0. The van der Waals surface area contributed by atoms with Crippen molar-refractivity contribution < 1.29 is 14.3 Å². The zero-order valence-corrected chi connectivity index (χ0v) is 16.6. The van der Waals surface area contributed by atoms with Crippen molar-refractivity contribution in [3.8, 4) is 5.75 Å². The number of likely N-dealkylation sites (N-methyl/N-ethyl adjacent to an activating group) is 1. The number of nitrogens with zero attached hydrogens (tertiary/aromatic N) is 2. The first-order valence-corrected chi connectivity index (χ1v) is 9.21. The molecule has 142 valence electrons. The van der Waals surface area contributed by atoms with E-state index in [9.17, 15) is 9.59 Å². The number of fused-ring (bicyclic) bond motifs is 1. The second-order valence-electron chi connectivity index (χ2n) is 7.45. The molecular weight excluding hydrogens is 340 g/mol. The van der Waals surface area contributed by atoms with E-state index in [1.807, 2.05) is 63.2 Å². The van der Waals surface area contributed by atoms with Crippen molar-refractivity contribution in [3.63, 3.8) is 0 Å². The van der Waals surface area contributed by atoms with Crippen LogP contribution in [0, 0.1) is 13.8 Å².